The molecule has 8 heteroatoms. The van der Waals surface area contributed by atoms with Crippen LogP contribution in [0.2, 0.25) is 0 Å². The number of unbranched alkanes of at least 4 members (excludes halogenated alkanes) is 16. The molecule has 2 unspecified atom stereocenters. The van der Waals surface area contributed by atoms with E-state index in [0.29, 0.717) is 12.8 Å². The quantitative estimate of drug-likeness (QED) is 0.0259. The number of rotatable bonds is 46. The van der Waals surface area contributed by atoms with Crippen LogP contribution in [0, 0.1) is 0 Å². The van der Waals surface area contributed by atoms with Gasteiger partial charge in [-0.3, -0.25) is 9.59 Å². The van der Waals surface area contributed by atoms with Gasteiger partial charge in [0.1, 0.15) is 12.6 Å². The zero-order chi connectivity index (χ0) is 48.4. The number of carbonyl (C=O) groups is 3. The highest BCUT2D eigenvalue weighted by Crippen LogP contribution is 2.15. The summed E-state index contributed by atoms with van der Waals surface area (Å²) in [5.41, 5.74) is 0. The van der Waals surface area contributed by atoms with E-state index in [1.807, 2.05) is 0 Å². The first-order chi connectivity index (χ1) is 32.1. The second-order valence-corrected chi connectivity index (χ2v) is 18.3. The van der Waals surface area contributed by atoms with Gasteiger partial charge in [-0.25, -0.2) is 0 Å². The summed E-state index contributed by atoms with van der Waals surface area (Å²) < 4.78 is 17.2. The molecule has 0 bridgehead atoms. The summed E-state index contributed by atoms with van der Waals surface area (Å²) >= 11 is 0. The Morgan fingerprint density at radius 1 is 0.455 bits per heavy atom. The van der Waals surface area contributed by atoms with Gasteiger partial charge in [-0.1, -0.05) is 188 Å². The summed E-state index contributed by atoms with van der Waals surface area (Å²) in [5, 5.41) is 11.7. The maximum atomic E-state index is 12.8. The number of likely N-dealkylation sites (N-methyl/N-ethyl adjacent to an activating group) is 1. The predicted octanol–water partition coefficient (Wildman–Crippen LogP) is 14.1. The van der Waals surface area contributed by atoms with Gasteiger partial charge < -0.3 is 28.6 Å². The number of hydrogen-bond acceptors (Lipinski definition) is 7. The zero-order valence-electron chi connectivity index (χ0n) is 42.8. The molecule has 0 spiro atoms. The van der Waals surface area contributed by atoms with E-state index in [4.69, 9.17) is 14.2 Å². The van der Waals surface area contributed by atoms with Gasteiger partial charge in [0.25, 0.3) is 0 Å². The lowest BCUT2D eigenvalue weighted by atomic mass is 10.0. The number of aliphatic carboxylic acids is 1. The third-order valence-electron chi connectivity index (χ3n) is 11.2. The summed E-state index contributed by atoms with van der Waals surface area (Å²) in [5.74, 6) is -1.80. The molecule has 0 aromatic heterocycles. The average Bonchev–Trinajstić information content (AvgIpc) is 3.28. The monoisotopic (exact) mass is 920 g/mol. The van der Waals surface area contributed by atoms with Gasteiger partial charge in [-0.15, -0.1) is 0 Å². The molecule has 2 atom stereocenters. The maximum Gasteiger partial charge on any atom is 0.306 e. The van der Waals surface area contributed by atoms with Crippen LogP contribution in [-0.4, -0.2) is 75.5 Å². The second-order valence-electron chi connectivity index (χ2n) is 18.3. The molecule has 0 aromatic carbocycles. The van der Waals surface area contributed by atoms with E-state index in [9.17, 15) is 19.5 Å². The van der Waals surface area contributed by atoms with Crippen molar-refractivity contribution in [3.63, 3.8) is 0 Å². The van der Waals surface area contributed by atoms with Crippen LogP contribution in [0.5, 0.6) is 0 Å². The molecule has 0 aliphatic carbocycles. The Morgan fingerprint density at radius 2 is 0.803 bits per heavy atom. The summed E-state index contributed by atoms with van der Waals surface area (Å²) in [6.07, 6.45) is 64.5. The highest BCUT2D eigenvalue weighted by atomic mass is 16.6. The van der Waals surface area contributed by atoms with Gasteiger partial charge in [-0.05, 0) is 89.9 Å². The van der Waals surface area contributed by atoms with E-state index in [1.54, 1.807) is 21.1 Å². The molecule has 66 heavy (non-hydrogen) atoms. The van der Waals surface area contributed by atoms with Gasteiger partial charge in [0.15, 0.2) is 6.10 Å². The van der Waals surface area contributed by atoms with Crippen LogP contribution in [0.15, 0.2) is 97.2 Å². The zero-order valence-corrected chi connectivity index (χ0v) is 42.8. The van der Waals surface area contributed by atoms with Crippen molar-refractivity contribution in [2.75, 3.05) is 41.0 Å². The molecule has 0 aliphatic heterocycles. The van der Waals surface area contributed by atoms with E-state index >= 15 is 0 Å². The SMILES string of the molecule is CC/C=C/C/C=C/C/C=C/C/C=C/C/C=C/C/C=C/CCCCC(=O)OC(COCCC(C(=O)[O-])[N+](C)(C)C)COC(=O)CCCCCCCCCCCCCCCC/C=C/C/C=C/CC. The molecule has 0 N–H and O–H groups in total. The van der Waals surface area contributed by atoms with Crippen molar-refractivity contribution in [3.05, 3.63) is 97.2 Å². The average molecular weight is 920 g/mol. The first-order valence-electron chi connectivity index (χ1n) is 26.3. The van der Waals surface area contributed by atoms with Crippen LogP contribution in [-0.2, 0) is 28.6 Å². The Hall–Kier alpha value is -3.75. The fraction of sp³-hybridized carbons (Fsp3) is 0.672. The molecule has 0 fully saturated rings. The summed E-state index contributed by atoms with van der Waals surface area (Å²) in [7, 11) is 5.39. The molecule has 0 heterocycles. The van der Waals surface area contributed by atoms with Crippen molar-refractivity contribution in [3.8, 4) is 0 Å². The van der Waals surface area contributed by atoms with Crippen LogP contribution >= 0.6 is 0 Å². The van der Waals surface area contributed by atoms with Crippen molar-refractivity contribution in [1.29, 1.82) is 0 Å². The summed E-state index contributed by atoms with van der Waals surface area (Å²) in [6.45, 7) is 4.40. The van der Waals surface area contributed by atoms with E-state index in [2.05, 4.69) is 111 Å². The topological polar surface area (TPSA) is 102 Å². The van der Waals surface area contributed by atoms with Gasteiger partial charge in [-0.2, -0.15) is 0 Å². The summed E-state index contributed by atoms with van der Waals surface area (Å²) in [4.78, 5) is 37.1. The number of allylic oxidation sites excluding steroid dienone is 16. The number of quaternary nitrogens is 1. The fourth-order valence-electron chi connectivity index (χ4n) is 7.23. The number of carbonyl (C=O) groups excluding carboxylic acids is 3. The fourth-order valence-corrected chi connectivity index (χ4v) is 7.23. The molecule has 0 aliphatic rings. The largest absolute Gasteiger partial charge is 0.544 e. The van der Waals surface area contributed by atoms with E-state index < -0.39 is 18.1 Å². The number of nitrogens with zero attached hydrogens (tertiary/aromatic N) is 1. The van der Waals surface area contributed by atoms with Crippen LogP contribution in [0.25, 0.3) is 0 Å². The molecule has 0 radical (unpaired) electrons. The van der Waals surface area contributed by atoms with Crippen molar-refractivity contribution < 1.29 is 38.2 Å². The van der Waals surface area contributed by atoms with Crippen LogP contribution in [0.3, 0.4) is 0 Å². The Labute approximate surface area is 405 Å². The van der Waals surface area contributed by atoms with E-state index in [-0.39, 0.29) is 49.1 Å². The third-order valence-corrected chi connectivity index (χ3v) is 11.2. The molecule has 0 saturated heterocycles. The van der Waals surface area contributed by atoms with Crippen molar-refractivity contribution in [1.82, 2.24) is 0 Å². The van der Waals surface area contributed by atoms with Gasteiger partial charge in [0, 0.05) is 19.3 Å². The lowest BCUT2D eigenvalue weighted by molar-refractivity contribution is -0.889. The first-order valence-corrected chi connectivity index (χ1v) is 26.3. The second kappa shape index (κ2) is 47.7. The van der Waals surface area contributed by atoms with Crippen molar-refractivity contribution in [2.45, 2.75) is 212 Å². The van der Waals surface area contributed by atoms with Crippen LogP contribution < -0.4 is 5.11 Å². The third kappa shape index (κ3) is 45.4. The Balaban J connectivity index is 4.31. The Morgan fingerprint density at radius 3 is 1.21 bits per heavy atom. The van der Waals surface area contributed by atoms with Crippen molar-refractivity contribution >= 4 is 17.9 Å². The standard InChI is InChI=1S/C58H97NO7/c1-6-8-10-12-14-16-18-20-22-24-26-28-30-32-34-36-38-40-42-44-46-48-56(60)65-53-54(52-64-51-50-55(58(62)63)59(3,4)5)66-57(61)49-47-45-43-41-39-37-35-33-31-29-27-25-23-21-19-17-15-13-11-9-7-2/h8-11,14-17,21,23,27,29,33,35,39,41,54-55H,6-7,12-13,18-20,22,24-26,28,30-32,34,36-38,40,42-53H2,1-5H3/b10-8+,11-9+,16-14+,17-15+,23-21+,29-27+,35-33+,41-39+. The number of hydrogen-bond donors (Lipinski definition) is 0. The predicted molar refractivity (Wildman–Crippen MR) is 277 cm³/mol. The van der Waals surface area contributed by atoms with Crippen LogP contribution in [0.4, 0.5) is 0 Å². The molecule has 0 amide bonds. The summed E-state index contributed by atoms with van der Waals surface area (Å²) in [6, 6.07) is -0.740. The van der Waals surface area contributed by atoms with Gasteiger partial charge >= 0.3 is 11.9 Å². The maximum absolute atomic E-state index is 12.8. The minimum atomic E-state index is -1.13. The number of esters is 2. The molecule has 376 valence electrons. The molecule has 0 saturated carbocycles. The molecular weight excluding hydrogens is 823 g/mol. The molecular formula is C58H97NO7. The van der Waals surface area contributed by atoms with E-state index in [1.165, 1.54) is 77.0 Å². The molecule has 0 rings (SSSR count). The molecule has 0 aromatic rings. The normalized spacial score (nSPS) is 13.7. The highest BCUT2D eigenvalue weighted by Gasteiger charge is 2.25. The Bertz CT molecular complexity index is 1400. The molecule has 8 nitrogen and oxygen atoms in total. The van der Waals surface area contributed by atoms with E-state index in [0.717, 1.165) is 83.5 Å². The Kier molecular flexibility index (Phi) is 45.0. The highest BCUT2D eigenvalue weighted by molar-refractivity contribution is 5.70. The smallest absolute Gasteiger partial charge is 0.306 e. The lowest BCUT2D eigenvalue weighted by Gasteiger charge is -2.34. The van der Waals surface area contributed by atoms with Crippen LogP contribution in [0.1, 0.15) is 200 Å². The minimum Gasteiger partial charge on any atom is -0.544 e. The minimum absolute atomic E-state index is 0.0181. The van der Waals surface area contributed by atoms with Gasteiger partial charge in [0.2, 0.25) is 0 Å². The van der Waals surface area contributed by atoms with Gasteiger partial charge in [0.05, 0.1) is 40.3 Å². The number of ether oxygens (including phenoxy) is 3. The number of carboxylic acid groups (broad SMARTS) is 1. The van der Waals surface area contributed by atoms with Crippen molar-refractivity contribution in [2.24, 2.45) is 0 Å². The number of carboxylic acids is 1. The first kappa shape index (κ1) is 62.2. The lowest BCUT2D eigenvalue weighted by Crippen LogP contribution is -2.55.